The Balaban J connectivity index is 1.25. The number of rotatable bonds is 8. The van der Waals surface area contributed by atoms with Gasteiger partial charge in [0, 0.05) is 45.8 Å². The van der Waals surface area contributed by atoms with Gasteiger partial charge >= 0.3 is 0 Å². The van der Waals surface area contributed by atoms with Gasteiger partial charge in [-0.1, -0.05) is 48.5 Å². The molecule has 0 unspecified atom stereocenters. The predicted molar refractivity (Wildman–Crippen MR) is 129 cm³/mol. The van der Waals surface area contributed by atoms with Crippen LogP contribution in [0.5, 0.6) is 0 Å². The molecular formula is C26H31N5O2. The van der Waals surface area contributed by atoms with Gasteiger partial charge in [-0.25, -0.2) is 4.68 Å². The largest absolute Gasteiger partial charge is 0.348 e. The van der Waals surface area contributed by atoms with Gasteiger partial charge in [-0.15, -0.1) is 0 Å². The monoisotopic (exact) mass is 445 g/mol. The molecule has 1 aliphatic rings. The van der Waals surface area contributed by atoms with Gasteiger partial charge in [0.2, 0.25) is 0 Å². The molecule has 0 saturated carbocycles. The quantitative estimate of drug-likeness (QED) is 0.426. The fourth-order valence-electron chi connectivity index (χ4n) is 4.33. The van der Waals surface area contributed by atoms with Crippen molar-refractivity contribution in [3.8, 4) is 5.69 Å². The second-order valence-corrected chi connectivity index (χ2v) is 8.48. The third-order valence-electron chi connectivity index (χ3n) is 6.15. The fraction of sp³-hybridized carbons (Fsp3) is 0.346. The zero-order valence-electron chi connectivity index (χ0n) is 19.3. The topological polar surface area (TPSA) is 70.5 Å². The number of nitrogens with zero attached hydrogens (tertiary/aromatic N) is 4. The van der Waals surface area contributed by atoms with Crippen molar-refractivity contribution in [1.82, 2.24) is 24.9 Å². The lowest BCUT2D eigenvalue weighted by Gasteiger charge is -2.34. The molecule has 1 saturated heterocycles. The Morgan fingerprint density at radius 2 is 1.48 bits per heavy atom. The highest BCUT2D eigenvalue weighted by atomic mass is 16.2. The maximum atomic E-state index is 12.8. The zero-order chi connectivity index (χ0) is 23.2. The number of aromatic nitrogens is 2. The molecule has 1 amide bonds. The third-order valence-corrected chi connectivity index (χ3v) is 6.15. The maximum Gasteiger partial charge on any atom is 0.292 e. The van der Waals surface area contributed by atoms with Crippen LogP contribution in [0.1, 0.15) is 27.3 Å². The van der Waals surface area contributed by atoms with Crippen LogP contribution in [-0.2, 0) is 11.3 Å². The van der Waals surface area contributed by atoms with Crippen LogP contribution in [0.2, 0.25) is 0 Å². The summed E-state index contributed by atoms with van der Waals surface area (Å²) in [4.78, 5) is 30.2. The Morgan fingerprint density at radius 1 is 0.879 bits per heavy atom. The Hall–Kier alpha value is -3.29. The summed E-state index contributed by atoms with van der Waals surface area (Å²) in [6.45, 7) is 9.66. The van der Waals surface area contributed by atoms with Crippen LogP contribution in [0.3, 0.4) is 0 Å². The summed E-state index contributed by atoms with van der Waals surface area (Å²) in [5, 5.41) is 7.28. The third kappa shape index (κ3) is 5.56. The lowest BCUT2D eigenvalue weighted by atomic mass is 10.1. The van der Waals surface area contributed by atoms with E-state index in [0.717, 1.165) is 45.0 Å². The van der Waals surface area contributed by atoms with Crippen molar-refractivity contribution < 1.29 is 9.59 Å². The molecule has 0 radical (unpaired) electrons. The van der Waals surface area contributed by atoms with Gasteiger partial charge in [-0.05, 0) is 31.5 Å². The normalized spacial score (nSPS) is 14.8. The van der Waals surface area contributed by atoms with Gasteiger partial charge < -0.3 is 5.32 Å². The van der Waals surface area contributed by atoms with E-state index in [1.807, 2.05) is 43.3 Å². The molecular weight excluding hydrogens is 414 g/mol. The molecule has 0 bridgehead atoms. The minimum absolute atomic E-state index is 0.380. The summed E-state index contributed by atoms with van der Waals surface area (Å²) in [7, 11) is 0. The van der Waals surface area contributed by atoms with Crippen LogP contribution in [-0.4, -0.2) is 70.5 Å². The summed E-state index contributed by atoms with van der Waals surface area (Å²) in [6, 6.07) is 20.1. The second-order valence-electron chi connectivity index (χ2n) is 8.48. The number of aryl methyl sites for hydroxylation is 1. The summed E-state index contributed by atoms with van der Waals surface area (Å²) < 4.78 is 1.71. The highest BCUT2D eigenvalue weighted by Gasteiger charge is 2.25. The zero-order valence-corrected chi connectivity index (χ0v) is 19.3. The minimum atomic E-state index is -0.573. The van der Waals surface area contributed by atoms with Crippen LogP contribution in [0.15, 0.2) is 60.7 Å². The van der Waals surface area contributed by atoms with E-state index in [0.29, 0.717) is 23.5 Å². The lowest BCUT2D eigenvalue weighted by Crippen LogP contribution is -2.48. The van der Waals surface area contributed by atoms with Gasteiger partial charge in [0.25, 0.3) is 11.7 Å². The number of amides is 1. The average Bonchev–Trinajstić information content (AvgIpc) is 3.14. The molecule has 0 spiro atoms. The van der Waals surface area contributed by atoms with E-state index in [2.05, 4.69) is 44.5 Å². The van der Waals surface area contributed by atoms with E-state index in [1.165, 1.54) is 5.56 Å². The molecule has 1 aliphatic heterocycles. The van der Waals surface area contributed by atoms with Crippen molar-refractivity contribution in [1.29, 1.82) is 0 Å². The Labute approximate surface area is 195 Å². The van der Waals surface area contributed by atoms with Crippen molar-refractivity contribution in [2.24, 2.45) is 0 Å². The number of Topliss-reactive ketones (excluding diaryl/α,β-unsaturated/α-hetero) is 1. The standard InChI is InChI=1S/C26H31N5O2/c1-20-24(21(2)31(28-20)23-11-7-4-8-12-23)25(32)26(33)27-13-14-29-15-17-30(18-16-29)19-22-9-5-3-6-10-22/h3-12H,13-19H2,1-2H3,(H,27,33). The summed E-state index contributed by atoms with van der Waals surface area (Å²) in [6.07, 6.45) is 0. The molecule has 0 atom stereocenters. The van der Waals surface area contributed by atoms with Crippen LogP contribution in [0.25, 0.3) is 5.69 Å². The van der Waals surface area contributed by atoms with Gasteiger partial charge in [-0.3, -0.25) is 19.4 Å². The summed E-state index contributed by atoms with van der Waals surface area (Å²) in [5.74, 6) is -1.10. The molecule has 0 aliphatic carbocycles. The van der Waals surface area contributed by atoms with Crippen molar-refractivity contribution in [3.63, 3.8) is 0 Å². The van der Waals surface area contributed by atoms with Gasteiger partial charge in [-0.2, -0.15) is 5.10 Å². The van der Waals surface area contributed by atoms with Gasteiger partial charge in [0.1, 0.15) is 0 Å². The van der Waals surface area contributed by atoms with Crippen molar-refractivity contribution in [2.75, 3.05) is 39.3 Å². The Bertz CT molecular complexity index is 1090. The van der Waals surface area contributed by atoms with Crippen LogP contribution in [0, 0.1) is 13.8 Å². The first kappa shape index (κ1) is 22.9. The predicted octanol–water partition coefficient (Wildman–Crippen LogP) is 2.61. The number of ketones is 1. The molecule has 7 nitrogen and oxygen atoms in total. The number of piperazine rings is 1. The fourth-order valence-corrected chi connectivity index (χ4v) is 4.33. The van der Waals surface area contributed by atoms with E-state index in [1.54, 1.807) is 11.6 Å². The number of hydrogen-bond acceptors (Lipinski definition) is 5. The maximum absolute atomic E-state index is 12.8. The number of carbonyl (C=O) groups is 2. The van der Waals surface area contributed by atoms with E-state index < -0.39 is 11.7 Å². The Morgan fingerprint density at radius 3 is 2.15 bits per heavy atom. The van der Waals surface area contributed by atoms with Gasteiger partial charge in [0.15, 0.2) is 0 Å². The van der Waals surface area contributed by atoms with Crippen molar-refractivity contribution in [3.05, 3.63) is 83.2 Å². The first-order valence-corrected chi connectivity index (χ1v) is 11.5. The second kappa shape index (κ2) is 10.6. The van der Waals surface area contributed by atoms with E-state index in [9.17, 15) is 9.59 Å². The lowest BCUT2D eigenvalue weighted by molar-refractivity contribution is -0.117. The SMILES string of the molecule is Cc1nn(-c2ccccc2)c(C)c1C(=O)C(=O)NCCN1CCN(Cc2ccccc2)CC1. The highest BCUT2D eigenvalue weighted by Crippen LogP contribution is 2.18. The van der Waals surface area contributed by atoms with Crippen molar-refractivity contribution >= 4 is 11.7 Å². The van der Waals surface area contributed by atoms with Crippen LogP contribution >= 0.6 is 0 Å². The molecule has 172 valence electrons. The molecule has 2 heterocycles. The number of carbonyl (C=O) groups excluding carboxylic acids is 2. The Kier molecular flexibility index (Phi) is 7.32. The molecule has 1 fully saturated rings. The van der Waals surface area contributed by atoms with E-state index in [-0.39, 0.29) is 0 Å². The summed E-state index contributed by atoms with van der Waals surface area (Å²) >= 11 is 0. The molecule has 33 heavy (non-hydrogen) atoms. The van der Waals surface area contributed by atoms with Crippen LogP contribution in [0.4, 0.5) is 0 Å². The minimum Gasteiger partial charge on any atom is -0.348 e. The molecule has 3 aromatic rings. The van der Waals surface area contributed by atoms with E-state index in [4.69, 9.17) is 0 Å². The molecule has 7 heteroatoms. The van der Waals surface area contributed by atoms with E-state index >= 15 is 0 Å². The average molecular weight is 446 g/mol. The molecule has 1 N–H and O–H groups in total. The number of nitrogens with one attached hydrogen (secondary N) is 1. The van der Waals surface area contributed by atoms with Crippen LogP contribution < -0.4 is 5.32 Å². The molecule has 1 aromatic heterocycles. The number of hydrogen-bond donors (Lipinski definition) is 1. The molecule has 2 aromatic carbocycles. The molecule has 4 rings (SSSR count). The number of para-hydroxylation sites is 1. The summed E-state index contributed by atoms with van der Waals surface area (Å²) in [5.41, 5.74) is 3.81. The first-order valence-electron chi connectivity index (χ1n) is 11.5. The smallest absolute Gasteiger partial charge is 0.292 e. The first-order chi connectivity index (χ1) is 16.0. The number of benzene rings is 2. The van der Waals surface area contributed by atoms with Gasteiger partial charge in [0.05, 0.1) is 22.6 Å². The van der Waals surface area contributed by atoms with Crippen molar-refractivity contribution in [2.45, 2.75) is 20.4 Å². The highest BCUT2D eigenvalue weighted by molar-refractivity contribution is 6.43.